The molecule has 2 rings (SSSR count). The van der Waals surface area contributed by atoms with E-state index in [1.165, 1.54) is 6.20 Å². The summed E-state index contributed by atoms with van der Waals surface area (Å²) in [6.07, 6.45) is 3.43. The van der Waals surface area contributed by atoms with Crippen LogP contribution >= 0.6 is 0 Å². The van der Waals surface area contributed by atoms with E-state index >= 15 is 0 Å². The van der Waals surface area contributed by atoms with Crippen LogP contribution in [0.25, 0.3) is 0 Å². The van der Waals surface area contributed by atoms with E-state index < -0.39 is 0 Å². The third kappa shape index (κ3) is 2.47. The Kier molecular flexibility index (Phi) is 2.86. The summed E-state index contributed by atoms with van der Waals surface area (Å²) in [4.78, 5) is 27.2. The lowest BCUT2D eigenvalue weighted by atomic mass is 10.1. The number of H-pyrrole nitrogens is 2. The van der Waals surface area contributed by atoms with E-state index in [4.69, 9.17) is 0 Å². The number of rotatable bonds is 2. The number of imidazole rings is 1. The second-order valence-corrected chi connectivity index (χ2v) is 3.67. The second kappa shape index (κ2) is 4.31. The molecule has 0 unspecified atom stereocenters. The Balaban J connectivity index is 1.94. The highest BCUT2D eigenvalue weighted by molar-refractivity contribution is 5.92. The van der Waals surface area contributed by atoms with Crippen LogP contribution in [0.5, 0.6) is 0 Å². The lowest BCUT2D eigenvalue weighted by Crippen LogP contribution is -2.45. The quantitative estimate of drug-likeness (QED) is 0.514. The number of carbonyl (C=O) groups is 1. The topological polar surface area (TPSA) is 89.8 Å². The number of hydrogen-bond donors (Lipinski definition) is 4. The normalized spacial score (nSPS) is 21.2. The predicted molar refractivity (Wildman–Crippen MR) is 54.8 cm³/mol. The van der Waals surface area contributed by atoms with Crippen LogP contribution in [-0.4, -0.2) is 35.0 Å². The summed E-state index contributed by atoms with van der Waals surface area (Å²) < 4.78 is 0. The van der Waals surface area contributed by atoms with Gasteiger partial charge in [0, 0.05) is 18.8 Å². The van der Waals surface area contributed by atoms with Crippen molar-refractivity contribution in [2.24, 2.45) is 0 Å². The Morgan fingerprint density at radius 2 is 2.40 bits per heavy atom. The number of nitrogens with one attached hydrogen (secondary N) is 4. The summed E-state index contributed by atoms with van der Waals surface area (Å²) in [7, 11) is 0. The van der Waals surface area contributed by atoms with Crippen molar-refractivity contribution < 1.29 is 4.79 Å². The highest BCUT2D eigenvalue weighted by Gasteiger charge is 2.16. The van der Waals surface area contributed by atoms with Gasteiger partial charge in [-0.3, -0.25) is 4.79 Å². The molecule has 1 fully saturated rings. The number of aromatic nitrogens is 2. The largest absolute Gasteiger partial charge is 0.347 e. The number of carbonyl (C=O) groups excluding carboxylic acids is 1. The van der Waals surface area contributed by atoms with Crippen LogP contribution in [0.2, 0.25) is 0 Å². The molecule has 0 bridgehead atoms. The van der Waals surface area contributed by atoms with Gasteiger partial charge in [-0.1, -0.05) is 0 Å². The first-order valence-corrected chi connectivity index (χ1v) is 5.05. The molecule has 0 aromatic carbocycles. The van der Waals surface area contributed by atoms with Gasteiger partial charge < -0.3 is 20.6 Å². The maximum Gasteiger partial charge on any atom is 0.323 e. The zero-order valence-corrected chi connectivity index (χ0v) is 8.30. The lowest BCUT2D eigenvalue weighted by Gasteiger charge is -2.23. The fraction of sp³-hybridized carbons (Fsp3) is 0.556. The molecule has 0 aliphatic carbocycles. The van der Waals surface area contributed by atoms with E-state index in [0.29, 0.717) is 0 Å². The maximum absolute atomic E-state index is 11.6. The molecule has 1 aliphatic heterocycles. The summed E-state index contributed by atoms with van der Waals surface area (Å²) in [6, 6.07) is 0.157. The zero-order chi connectivity index (χ0) is 10.7. The maximum atomic E-state index is 11.6. The van der Waals surface area contributed by atoms with Crippen LogP contribution in [0.3, 0.4) is 0 Å². The van der Waals surface area contributed by atoms with E-state index in [1.54, 1.807) is 0 Å². The van der Waals surface area contributed by atoms with Crippen LogP contribution in [-0.2, 0) is 0 Å². The number of amides is 1. The molecule has 1 aromatic rings. The Hall–Kier alpha value is -1.56. The van der Waals surface area contributed by atoms with Crippen molar-refractivity contribution in [3.63, 3.8) is 0 Å². The van der Waals surface area contributed by atoms with Crippen molar-refractivity contribution in [2.45, 2.75) is 18.9 Å². The van der Waals surface area contributed by atoms with E-state index in [9.17, 15) is 9.59 Å². The summed E-state index contributed by atoms with van der Waals surface area (Å²) in [5.74, 6) is -0.234. The molecule has 82 valence electrons. The van der Waals surface area contributed by atoms with Crippen LogP contribution in [0.1, 0.15) is 23.3 Å². The average Bonchev–Trinajstić information content (AvgIpc) is 2.66. The molecule has 1 aromatic heterocycles. The molecule has 2 heterocycles. The fourth-order valence-corrected chi connectivity index (χ4v) is 1.69. The summed E-state index contributed by atoms with van der Waals surface area (Å²) in [6.45, 7) is 1.80. The average molecular weight is 210 g/mol. The molecule has 1 saturated heterocycles. The van der Waals surface area contributed by atoms with Crippen LogP contribution in [0.15, 0.2) is 11.0 Å². The van der Waals surface area contributed by atoms with Crippen molar-refractivity contribution in [1.29, 1.82) is 0 Å². The van der Waals surface area contributed by atoms with Gasteiger partial charge in [0.1, 0.15) is 5.69 Å². The van der Waals surface area contributed by atoms with Crippen LogP contribution in [0, 0.1) is 0 Å². The van der Waals surface area contributed by atoms with Gasteiger partial charge in [-0.25, -0.2) is 4.79 Å². The first kappa shape index (κ1) is 9.97. The predicted octanol–water partition coefficient (Wildman–Crippen LogP) is -0.815. The van der Waals surface area contributed by atoms with E-state index in [2.05, 4.69) is 20.6 Å². The minimum atomic E-state index is -0.359. The molecular formula is C9H14N4O2. The van der Waals surface area contributed by atoms with E-state index in [0.717, 1.165) is 25.9 Å². The van der Waals surface area contributed by atoms with Crippen molar-refractivity contribution >= 4 is 5.91 Å². The Morgan fingerprint density at radius 3 is 3.00 bits per heavy atom. The molecule has 1 aliphatic rings. The molecule has 0 radical (unpaired) electrons. The van der Waals surface area contributed by atoms with Crippen molar-refractivity contribution in [3.8, 4) is 0 Å². The summed E-state index contributed by atoms with van der Waals surface area (Å²) in [5.41, 5.74) is -0.0764. The Morgan fingerprint density at radius 1 is 1.53 bits per heavy atom. The molecule has 4 N–H and O–H groups in total. The molecule has 6 heteroatoms. The smallest absolute Gasteiger partial charge is 0.323 e. The first-order valence-electron chi connectivity index (χ1n) is 5.05. The molecule has 0 saturated carbocycles. The van der Waals surface area contributed by atoms with Gasteiger partial charge in [0.15, 0.2) is 0 Å². The minimum absolute atomic E-state index is 0.157. The standard InChI is InChI=1S/C9H14N4O2/c14-8(7-5-11-9(15)13-7)12-6-2-1-3-10-4-6/h5-6,10H,1-4H2,(H,12,14)(H2,11,13,15)/t6-/m0/s1. The highest BCUT2D eigenvalue weighted by Crippen LogP contribution is 2.02. The van der Waals surface area contributed by atoms with E-state index in [1.807, 2.05) is 0 Å². The van der Waals surface area contributed by atoms with Gasteiger partial charge in [-0.2, -0.15) is 0 Å². The molecule has 0 spiro atoms. The molecular weight excluding hydrogens is 196 g/mol. The first-order chi connectivity index (χ1) is 7.25. The van der Waals surface area contributed by atoms with Crippen LogP contribution in [0.4, 0.5) is 0 Å². The zero-order valence-electron chi connectivity index (χ0n) is 8.30. The summed E-state index contributed by atoms with van der Waals surface area (Å²) in [5, 5.41) is 6.06. The van der Waals surface area contributed by atoms with Crippen molar-refractivity contribution in [3.05, 3.63) is 22.4 Å². The van der Waals surface area contributed by atoms with Gasteiger partial charge in [0.05, 0.1) is 0 Å². The SMILES string of the molecule is O=C(N[C@H]1CCCNC1)c1c[nH]c(=O)[nH]1. The fourth-order valence-electron chi connectivity index (χ4n) is 1.69. The van der Waals surface area contributed by atoms with Crippen LogP contribution < -0.4 is 16.3 Å². The third-order valence-corrected chi connectivity index (χ3v) is 2.47. The Labute approximate surface area is 86.5 Å². The van der Waals surface area contributed by atoms with Gasteiger partial charge >= 0.3 is 5.69 Å². The second-order valence-electron chi connectivity index (χ2n) is 3.67. The van der Waals surface area contributed by atoms with Gasteiger partial charge in [0.25, 0.3) is 5.91 Å². The lowest BCUT2D eigenvalue weighted by molar-refractivity contribution is 0.0926. The van der Waals surface area contributed by atoms with E-state index in [-0.39, 0.29) is 23.3 Å². The summed E-state index contributed by atoms with van der Waals surface area (Å²) >= 11 is 0. The Bertz CT molecular complexity index is 389. The number of piperidine rings is 1. The van der Waals surface area contributed by atoms with Crippen molar-refractivity contribution in [2.75, 3.05) is 13.1 Å². The minimum Gasteiger partial charge on any atom is -0.347 e. The van der Waals surface area contributed by atoms with Crippen molar-refractivity contribution in [1.82, 2.24) is 20.6 Å². The van der Waals surface area contributed by atoms with Gasteiger partial charge in [-0.15, -0.1) is 0 Å². The molecule has 15 heavy (non-hydrogen) atoms. The van der Waals surface area contributed by atoms with Gasteiger partial charge in [0.2, 0.25) is 0 Å². The number of aromatic amines is 2. The third-order valence-electron chi connectivity index (χ3n) is 2.47. The highest BCUT2D eigenvalue weighted by atomic mass is 16.2. The van der Waals surface area contributed by atoms with Gasteiger partial charge in [-0.05, 0) is 19.4 Å². The molecule has 6 nitrogen and oxygen atoms in total. The molecule has 1 amide bonds. The monoisotopic (exact) mass is 210 g/mol. The molecule has 1 atom stereocenters. The number of hydrogen-bond acceptors (Lipinski definition) is 3.